The van der Waals surface area contributed by atoms with Crippen LogP contribution in [0.5, 0.6) is 0 Å². The second kappa shape index (κ2) is 12.5. The van der Waals surface area contributed by atoms with Gasteiger partial charge in [-0.15, -0.1) is 0 Å². The van der Waals surface area contributed by atoms with Gasteiger partial charge in [0.15, 0.2) is 0 Å². The smallest absolute Gasteiger partial charge is 0.410 e. The predicted molar refractivity (Wildman–Crippen MR) is 131 cm³/mol. The van der Waals surface area contributed by atoms with Gasteiger partial charge < -0.3 is 23.8 Å². The topological polar surface area (TPSA) is 131 Å². The fraction of sp³-hybridized carbons (Fsp3) is 0.409. The van der Waals surface area contributed by atoms with Crippen molar-refractivity contribution in [3.8, 4) is 0 Å². The van der Waals surface area contributed by atoms with Gasteiger partial charge in [-0.05, 0) is 57.5 Å². The van der Waals surface area contributed by atoms with Crippen LogP contribution in [0, 0.1) is 0 Å². The third-order valence-electron chi connectivity index (χ3n) is 4.99. The van der Waals surface area contributed by atoms with Crippen LogP contribution >= 0.6 is 0 Å². The number of hydrogen-bond acceptors (Lipinski definition) is 7. The van der Waals surface area contributed by atoms with Gasteiger partial charge in [0.25, 0.3) is 10.0 Å². The van der Waals surface area contributed by atoms with Crippen LogP contribution in [0.1, 0.15) is 27.2 Å². The molecular weight excluding hydrogens is 569 g/mol. The summed E-state index contributed by atoms with van der Waals surface area (Å²) in [4.78, 5) is 15.9. The van der Waals surface area contributed by atoms with Crippen molar-refractivity contribution < 1.29 is 59.4 Å². The number of amides is 1. The van der Waals surface area contributed by atoms with E-state index in [1.54, 1.807) is 62.1 Å². The number of para-hydroxylation sites is 1. The van der Waals surface area contributed by atoms with Crippen molar-refractivity contribution in [1.82, 2.24) is 4.90 Å². The molecule has 2 N–H and O–H groups in total. The molecule has 0 bridgehead atoms. The number of ether oxygens (including phenoxy) is 1. The number of nitrogens with one attached hydrogen (secondary N) is 2. The van der Waals surface area contributed by atoms with Gasteiger partial charge in [-0.3, -0.25) is 8.93 Å². The Labute approximate surface area is 234 Å². The number of carbonyl (C=O) groups is 1. The van der Waals surface area contributed by atoms with E-state index in [0.717, 1.165) is 0 Å². The van der Waals surface area contributed by atoms with Crippen LogP contribution < -0.4 is 14.3 Å². The molecule has 2 aromatic rings. The molecule has 0 saturated carbocycles. The molecule has 3 rings (SSSR count). The average molecular weight is 599 g/mol. The van der Waals surface area contributed by atoms with E-state index >= 15 is 0 Å². The maximum atomic E-state index is 12.8. The summed E-state index contributed by atoms with van der Waals surface area (Å²) in [5.74, 6) is 0. The molecule has 35 heavy (non-hydrogen) atoms. The number of anilines is 3. The number of sulfonamides is 1. The maximum Gasteiger partial charge on any atom is 0.410 e. The zero-order valence-corrected chi connectivity index (χ0v) is 24.4. The van der Waals surface area contributed by atoms with Crippen LogP contribution in [0.4, 0.5) is 21.9 Å². The summed E-state index contributed by atoms with van der Waals surface area (Å²) in [5, 5.41) is 0. The molecule has 1 fully saturated rings. The third kappa shape index (κ3) is 8.71. The van der Waals surface area contributed by atoms with Gasteiger partial charge in [-0.25, -0.2) is 13.2 Å². The third-order valence-corrected chi connectivity index (χ3v) is 6.75. The predicted octanol–water partition coefficient (Wildman–Crippen LogP) is 3.14. The van der Waals surface area contributed by atoms with Crippen LogP contribution in [0.2, 0.25) is 0 Å². The van der Waals surface area contributed by atoms with Gasteiger partial charge in [-0.2, -0.15) is 0 Å². The standard InChI is InChI=1S/C22H30N4O6S2.Y/c1-22(2,3)32-21(27)26-13-7-12-25(14-15-26)20-11-10-18(16-19(20)23-33(28)29)34(30,31)24-17-8-5-4-6-9-17;/h4-6,8-11,16,23-24H,7,12-15H2,1-3H3,(H,28,29);/p-1. The van der Waals surface area contributed by atoms with Crippen molar-refractivity contribution in [3.63, 3.8) is 0 Å². The Hall–Kier alpha value is -1.73. The molecule has 1 saturated heterocycles. The van der Waals surface area contributed by atoms with Crippen molar-refractivity contribution in [3.05, 3.63) is 48.5 Å². The SMILES string of the molecule is CC(C)(C)OC(=O)N1CCCN(c2ccc(S(=O)(=O)Nc3ccccc3)cc2NS(=O)[O-])CC1.[Y]. The zero-order chi connectivity index (χ0) is 24.9. The van der Waals surface area contributed by atoms with E-state index in [4.69, 9.17) is 4.74 Å². The van der Waals surface area contributed by atoms with E-state index in [1.807, 2.05) is 4.90 Å². The summed E-state index contributed by atoms with van der Waals surface area (Å²) in [6.07, 6.45) is 0.233. The van der Waals surface area contributed by atoms with E-state index in [-0.39, 0.29) is 43.3 Å². The van der Waals surface area contributed by atoms with Crippen molar-refractivity contribution in [2.24, 2.45) is 0 Å². The van der Waals surface area contributed by atoms with Crippen LogP contribution in [-0.2, 0) is 58.7 Å². The minimum absolute atomic E-state index is 0. The Bertz CT molecular complexity index is 1140. The van der Waals surface area contributed by atoms with Crippen molar-refractivity contribution in [1.29, 1.82) is 0 Å². The first-order valence-corrected chi connectivity index (χ1v) is 13.3. The second-order valence-corrected chi connectivity index (χ2v) is 11.2. The first kappa shape index (κ1) is 29.5. The Morgan fingerprint density at radius 2 is 1.74 bits per heavy atom. The molecule has 189 valence electrons. The average Bonchev–Trinajstić information content (AvgIpc) is 2.99. The molecule has 13 heteroatoms. The quantitative estimate of drug-likeness (QED) is 0.489. The molecule has 0 aromatic heterocycles. The van der Waals surface area contributed by atoms with Gasteiger partial charge in [0.1, 0.15) is 5.60 Å². The number of hydrogen-bond donors (Lipinski definition) is 2. The second-order valence-electron chi connectivity index (χ2n) is 8.80. The number of carbonyl (C=O) groups excluding carboxylic acids is 1. The molecule has 0 spiro atoms. The Morgan fingerprint density at radius 1 is 1.06 bits per heavy atom. The molecule has 0 aliphatic carbocycles. The normalized spacial score (nSPS) is 15.4. The molecule has 1 unspecified atom stereocenters. The summed E-state index contributed by atoms with van der Waals surface area (Å²) in [7, 11) is -3.94. The number of nitrogens with zero attached hydrogens (tertiary/aromatic N) is 2. The fourth-order valence-corrected chi connectivity index (χ4v) is 4.94. The van der Waals surface area contributed by atoms with Gasteiger partial charge in [0.05, 0.1) is 16.3 Å². The first-order chi connectivity index (χ1) is 15.9. The van der Waals surface area contributed by atoms with Crippen LogP contribution in [0.15, 0.2) is 53.4 Å². The van der Waals surface area contributed by atoms with Gasteiger partial charge in [0.2, 0.25) is 0 Å². The monoisotopic (exact) mass is 598 g/mol. The zero-order valence-electron chi connectivity index (χ0n) is 19.9. The Kier molecular flexibility index (Phi) is 10.5. The van der Waals surface area contributed by atoms with Crippen molar-refractivity contribution >= 4 is 44.4 Å². The molecular formula is C22H29N4O6S2Y-. The molecule has 1 amide bonds. The summed E-state index contributed by atoms with van der Waals surface area (Å²) < 4.78 is 58.8. The first-order valence-electron chi connectivity index (χ1n) is 10.8. The summed E-state index contributed by atoms with van der Waals surface area (Å²) >= 11 is -2.66. The van der Waals surface area contributed by atoms with Crippen molar-refractivity contribution in [2.45, 2.75) is 37.7 Å². The minimum atomic E-state index is -3.94. The molecule has 1 aliphatic rings. The maximum absolute atomic E-state index is 12.8. The van der Waals surface area contributed by atoms with E-state index in [0.29, 0.717) is 44.0 Å². The van der Waals surface area contributed by atoms with Gasteiger partial charge >= 0.3 is 6.09 Å². The largest absolute Gasteiger partial charge is 0.755 e. The molecule has 1 heterocycles. The Morgan fingerprint density at radius 3 is 2.37 bits per heavy atom. The van der Waals surface area contributed by atoms with Gasteiger partial charge in [-0.1, -0.05) is 18.2 Å². The van der Waals surface area contributed by atoms with E-state index in [9.17, 15) is 22.0 Å². The van der Waals surface area contributed by atoms with Crippen LogP contribution in [0.25, 0.3) is 0 Å². The van der Waals surface area contributed by atoms with E-state index < -0.39 is 33.0 Å². The van der Waals surface area contributed by atoms with E-state index in [1.165, 1.54) is 12.1 Å². The Balaban J connectivity index is 0.00000432. The fourth-order valence-electron chi connectivity index (χ4n) is 3.52. The van der Waals surface area contributed by atoms with Gasteiger partial charge in [0, 0.05) is 75.8 Å². The van der Waals surface area contributed by atoms with Crippen LogP contribution in [-0.4, -0.2) is 60.0 Å². The summed E-state index contributed by atoms with van der Waals surface area (Å²) in [6, 6.07) is 12.7. The minimum Gasteiger partial charge on any atom is -0.755 e. The summed E-state index contributed by atoms with van der Waals surface area (Å²) in [6.45, 7) is 7.26. The molecule has 1 atom stereocenters. The number of benzene rings is 2. The molecule has 1 radical (unpaired) electrons. The van der Waals surface area contributed by atoms with Crippen LogP contribution in [0.3, 0.4) is 0 Å². The summed E-state index contributed by atoms with van der Waals surface area (Å²) in [5.41, 5.74) is 0.445. The van der Waals surface area contributed by atoms with Crippen molar-refractivity contribution in [2.75, 3.05) is 40.5 Å². The molecule has 10 nitrogen and oxygen atoms in total. The number of rotatable bonds is 6. The molecule has 2 aromatic carbocycles. The molecule has 1 aliphatic heterocycles. The van der Waals surface area contributed by atoms with E-state index in [2.05, 4.69) is 9.44 Å².